The molecule has 1 heterocycles. The van der Waals surface area contributed by atoms with E-state index in [1.165, 1.54) is 5.56 Å². The van der Waals surface area contributed by atoms with Gasteiger partial charge in [0.1, 0.15) is 17.6 Å². The Bertz CT molecular complexity index is 663. The highest BCUT2D eigenvalue weighted by Crippen LogP contribution is 2.32. The summed E-state index contributed by atoms with van der Waals surface area (Å²) in [6.45, 7) is 0.697. The van der Waals surface area contributed by atoms with E-state index in [4.69, 9.17) is 21.1 Å². The van der Waals surface area contributed by atoms with Crippen molar-refractivity contribution >= 4 is 33.2 Å². The van der Waals surface area contributed by atoms with E-state index < -0.39 is 0 Å². The lowest BCUT2D eigenvalue weighted by Crippen LogP contribution is -2.24. The first-order chi connectivity index (χ1) is 10.2. The zero-order valence-corrected chi connectivity index (χ0v) is 13.9. The van der Waals surface area contributed by atoms with Crippen LogP contribution in [-0.2, 0) is 6.42 Å². The predicted molar refractivity (Wildman–Crippen MR) is 88.8 cm³/mol. The summed E-state index contributed by atoms with van der Waals surface area (Å²) in [5.41, 5.74) is 2.11. The molecule has 0 amide bonds. The second kappa shape index (κ2) is 6.16. The molecule has 0 radical (unpaired) electrons. The fraction of sp³-hybridized carbons (Fsp3) is 0.250. The third-order valence-corrected chi connectivity index (χ3v) is 4.17. The summed E-state index contributed by atoms with van der Waals surface area (Å²) in [7, 11) is 1.65. The molecule has 0 aliphatic carbocycles. The molecule has 1 aliphatic heterocycles. The highest BCUT2D eigenvalue weighted by Gasteiger charge is 2.23. The van der Waals surface area contributed by atoms with Gasteiger partial charge in [0.15, 0.2) is 0 Å². The lowest BCUT2D eigenvalue weighted by Gasteiger charge is -2.15. The van der Waals surface area contributed by atoms with Crippen LogP contribution < -0.4 is 14.8 Å². The average Bonchev–Trinajstić information content (AvgIpc) is 2.87. The summed E-state index contributed by atoms with van der Waals surface area (Å²) in [5.74, 6) is 1.74. The molecule has 0 bridgehead atoms. The van der Waals surface area contributed by atoms with Gasteiger partial charge in [0, 0.05) is 15.9 Å². The number of rotatable bonds is 4. The Morgan fingerprint density at radius 2 is 2.19 bits per heavy atom. The number of hydrogen-bond donors (Lipinski definition) is 1. The summed E-state index contributed by atoms with van der Waals surface area (Å²) in [6, 6.07) is 11.6. The van der Waals surface area contributed by atoms with Gasteiger partial charge in [-0.05, 0) is 42.0 Å². The van der Waals surface area contributed by atoms with Crippen molar-refractivity contribution in [3.05, 3.63) is 51.5 Å². The smallest absolute Gasteiger partial charge is 0.142 e. The van der Waals surface area contributed by atoms with Gasteiger partial charge < -0.3 is 14.8 Å². The second-order valence-electron chi connectivity index (χ2n) is 4.92. The van der Waals surface area contributed by atoms with Crippen LogP contribution in [0.1, 0.15) is 5.56 Å². The summed E-state index contributed by atoms with van der Waals surface area (Å²) in [5, 5.41) is 4.03. The van der Waals surface area contributed by atoms with E-state index in [0.29, 0.717) is 11.6 Å². The van der Waals surface area contributed by atoms with Gasteiger partial charge in [0.05, 0.1) is 19.3 Å². The molecule has 0 saturated carbocycles. The number of hydrogen-bond acceptors (Lipinski definition) is 3. The third kappa shape index (κ3) is 3.27. The molecule has 2 aromatic rings. The van der Waals surface area contributed by atoms with Crippen LogP contribution >= 0.6 is 27.5 Å². The van der Waals surface area contributed by atoms with E-state index in [-0.39, 0.29) is 6.10 Å². The minimum absolute atomic E-state index is 0.109. The maximum atomic E-state index is 6.03. The molecule has 21 heavy (non-hydrogen) atoms. The highest BCUT2D eigenvalue weighted by atomic mass is 79.9. The molecule has 1 N–H and O–H groups in total. The molecule has 0 fully saturated rings. The molecule has 2 aromatic carbocycles. The molecule has 1 atom stereocenters. The number of benzene rings is 2. The van der Waals surface area contributed by atoms with Crippen molar-refractivity contribution in [2.75, 3.05) is 19.0 Å². The molecule has 1 unspecified atom stereocenters. The third-order valence-electron chi connectivity index (χ3n) is 3.45. The molecule has 0 spiro atoms. The van der Waals surface area contributed by atoms with Crippen molar-refractivity contribution in [1.29, 1.82) is 0 Å². The first-order valence-corrected chi connectivity index (χ1v) is 7.85. The zero-order valence-electron chi connectivity index (χ0n) is 11.5. The molecule has 3 nitrogen and oxygen atoms in total. The molecular formula is C16H15BrClNO2. The van der Waals surface area contributed by atoms with E-state index in [0.717, 1.165) is 28.1 Å². The largest absolute Gasteiger partial charge is 0.495 e. The maximum absolute atomic E-state index is 6.03. The second-order valence-corrected chi connectivity index (χ2v) is 6.27. The van der Waals surface area contributed by atoms with Crippen LogP contribution in [0.2, 0.25) is 5.02 Å². The Balaban J connectivity index is 1.66. The molecule has 3 rings (SSSR count). The van der Waals surface area contributed by atoms with Gasteiger partial charge in [-0.2, -0.15) is 0 Å². The van der Waals surface area contributed by atoms with Crippen molar-refractivity contribution < 1.29 is 9.47 Å². The number of nitrogens with one attached hydrogen (secondary N) is 1. The fourth-order valence-electron chi connectivity index (χ4n) is 2.44. The minimum atomic E-state index is 0.109. The van der Waals surface area contributed by atoms with Crippen molar-refractivity contribution in [2.24, 2.45) is 0 Å². The van der Waals surface area contributed by atoms with E-state index in [1.807, 2.05) is 30.3 Å². The van der Waals surface area contributed by atoms with E-state index in [2.05, 4.69) is 27.3 Å². The summed E-state index contributed by atoms with van der Waals surface area (Å²) >= 11 is 9.51. The normalized spacial score (nSPS) is 16.2. The minimum Gasteiger partial charge on any atom is -0.495 e. The Morgan fingerprint density at radius 1 is 1.33 bits per heavy atom. The molecular weight excluding hydrogens is 354 g/mol. The number of halogens is 2. The van der Waals surface area contributed by atoms with Crippen LogP contribution in [0.25, 0.3) is 0 Å². The maximum Gasteiger partial charge on any atom is 0.142 e. The van der Waals surface area contributed by atoms with Crippen molar-refractivity contribution in [2.45, 2.75) is 12.5 Å². The first kappa shape index (κ1) is 14.5. The van der Waals surface area contributed by atoms with Gasteiger partial charge in [0.25, 0.3) is 0 Å². The quantitative estimate of drug-likeness (QED) is 0.860. The lowest BCUT2D eigenvalue weighted by molar-refractivity contribution is 0.246. The van der Waals surface area contributed by atoms with Gasteiger partial charge in [-0.3, -0.25) is 0 Å². The van der Waals surface area contributed by atoms with Crippen LogP contribution in [0.4, 0.5) is 5.69 Å². The Morgan fingerprint density at radius 3 is 3.00 bits per heavy atom. The molecule has 1 aliphatic rings. The Hall–Kier alpha value is -1.39. The predicted octanol–water partition coefficient (Wildman–Crippen LogP) is 4.53. The monoisotopic (exact) mass is 367 g/mol. The van der Waals surface area contributed by atoms with E-state index in [1.54, 1.807) is 7.11 Å². The SMILES string of the molecule is COc1ccc(Cl)cc1NCC1Cc2cc(Br)ccc2O1. The molecule has 0 aromatic heterocycles. The van der Waals surface area contributed by atoms with Crippen LogP contribution in [-0.4, -0.2) is 19.8 Å². The Labute approximate surface area is 137 Å². The number of ether oxygens (including phenoxy) is 2. The lowest BCUT2D eigenvalue weighted by atomic mass is 10.1. The zero-order chi connectivity index (χ0) is 14.8. The van der Waals surface area contributed by atoms with Crippen molar-refractivity contribution in [3.8, 4) is 11.5 Å². The van der Waals surface area contributed by atoms with Gasteiger partial charge in [-0.15, -0.1) is 0 Å². The Kier molecular flexibility index (Phi) is 4.27. The van der Waals surface area contributed by atoms with Crippen molar-refractivity contribution in [3.63, 3.8) is 0 Å². The number of fused-ring (bicyclic) bond motifs is 1. The van der Waals surface area contributed by atoms with E-state index >= 15 is 0 Å². The number of anilines is 1. The first-order valence-electron chi connectivity index (χ1n) is 6.68. The molecule has 5 heteroatoms. The fourth-order valence-corrected chi connectivity index (χ4v) is 3.03. The van der Waals surface area contributed by atoms with Crippen LogP contribution in [0.5, 0.6) is 11.5 Å². The van der Waals surface area contributed by atoms with E-state index in [9.17, 15) is 0 Å². The van der Waals surface area contributed by atoms with Gasteiger partial charge in [0.2, 0.25) is 0 Å². The van der Waals surface area contributed by atoms with Crippen LogP contribution in [0.3, 0.4) is 0 Å². The topological polar surface area (TPSA) is 30.5 Å². The summed E-state index contributed by atoms with van der Waals surface area (Å²) in [4.78, 5) is 0. The molecule has 0 saturated heterocycles. The highest BCUT2D eigenvalue weighted by molar-refractivity contribution is 9.10. The van der Waals surface area contributed by atoms with Crippen LogP contribution in [0.15, 0.2) is 40.9 Å². The summed E-state index contributed by atoms with van der Waals surface area (Å²) < 4.78 is 12.3. The van der Waals surface area contributed by atoms with Crippen LogP contribution in [0, 0.1) is 0 Å². The van der Waals surface area contributed by atoms with Gasteiger partial charge in [-0.25, -0.2) is 0 Å². The average molecular weight is 369 g/mol. The molecule has 110 valence electrons. The standard InChI is InChI=1S/C16H15BrClNO2/c1-20-16-5-3-12(18)8-14(16)19-9-13-7-10-6-11(17)2-4-15(10)21-13/h2-6,8,13,19H,7,9H2,1H3. The van der Waals surface area contributed by atoms with Crippen molar-refractivity contribution in [1.82, 2.24) is 0 Å². The van der Waals surface area contributed by atoms with Gasteiger partial charge >= 0.3 is 0 Å². The summed E-state index contributed by atoms with van der Waals surface area (Å²) in [6.07, 6.45) is 1.00. The number of methoxy groups -OCH3 is 1. The van der Waals surface area contributed by atoms with Gasteiger partial charge in [-0.1, -0.05) is 27.5 Å².